The molecule has 3 aromatic rings. The van der Waals surface area contributed by atoms with Crippen LogP contribution in [0.3, 0.4) is 0 Å². The van der Waals surface area contributed by atoms with Gasteiger partial charge in [-0.25, -0.2) is 19.3 Å². The summed E-state index contributed by atoms with van der Waals surface area (Å²) in [6, 6.07) is 9.90. The van der Waals surface area contributed by atoms with Crippen molar-refractivity contribution in [3.8, 4) is 6.01 Å². The predicted octanol–water partition coefficient (Wildman–Crippen LogP) is 3.62. The van der Waals surface area contributed by atoms with E-state index in [2.05, 4.69) is 25.3 Å². The number of benzene rings is 1. The molecule has 0 unspecified atom stereocenters. The van der Waals surface area contributed by atoms with E-state index in [0.29, 0.717) is 0 Å². The van der Waals surface area contributed by atoms with Crippen molar-refractivity contribution in [1.82, 2.24) is 19.9 Å². The van der Waals surface area contributed by atoms with E-state index in [1.165, 1.54) is 0 Å². The number of halogens is 4. The van der Waals surface area contributed by atoms with Crippen molar-refractivity contribution in [3.63, 3.8) is 0 Å². The van der Waals surface area contributed by atoms with Gasteiger partial charge in [-0.15, -0.1) is 0 Å². The number of hydrogen-bond donors (Lipinski definition) is 1. The first-order chi connectivity index (χ1) is 12.9. The fraction of sp³-hybridized carbons (Fsp3) is 0.176. The topological polar surface area (TPSA) is 72.8 Å². The SMILES string of the molecule is Fc1cnc(OCc2ccccc2)nc1NCc1nccc(C(F)(F)F)n1. The second kappa shape index (κ2) is 7.94. The maximum Gasteiger partial charge on any atom is 0.433 e. The molecular formula is C17H13F4N5O. The molecule has 0 atom stereocenters. The van der Waals surface area contributed by atoms with Gasteiger partial charge in [0.25, 0.3) is 0 Å². The van der Waals surface area contributed by atoms with Crippen LogP contribution in [0.4, 0.5) is 23.4 Å². The Kier molecular flexibility index (Phi) is 5.43. The molecule has 3 rings (SSSR count). The summed E-state index contributed by atoms with van der Waals surface area (Å²) in [6.45, 7) is -0.0708. The highest BCUT2D eigenvalue weighted by Gasteiger charge is 2.32. The maximum absolute atomic E-state index is 13.8. The number of nitrogens with one attached hydrogen (secondary N) is 1. The second-order valence-electron chi connectivity index (χ2n) is 5.33. The summed E-state index contributed by atoms with van der Waals surface area (Å²) in [6.07, 6.45) is -2.70. The van der Waals surface area contributed by atoms with Crippen LogP contribution >= 0.6 is 0 Å². The molecule has 2 aromatic heterocycles. The molecule has 2 heterocycles. The molecule has 0 radical (unpaired) electrons. The number of nitrogens with zero attached hydrogens (tertiary/aromatic N) is 4. The number of anilines is 1. The van der Waals surface area contributed by atoms with Crippen molar-refractivity contribution in [1.29, 1.82) is 0 Å². The largest absolute Gasteiger partial charge is 0.459 e. The fourth-order valence-corrected chi connectivity index (χ4v) is 2.07. The number of aromatic nitrogens is 4. The Hall–Kier alpha value is -3.30. The Labute approximate surface area is 151 Å². The van der Waals surface area contributed by atoms with Gasteiger partial charge in [0, 0.05) is 6.20 Å². The van der Waals surface area contributed by atoms with E-state index in [4.69, 9.17) is 4.74 Å². The van der Waals surface area contributed by atoms with Gasteiger partial charge in [-0.05, 0) is 11.6 Å². The molecule has 0 fully saturated rings. The first kappa shape index (κ1) is 18.5. The quantitative estimate of drug-likeness (QED) is 0.660. The predicted molar refractivity (Wildman–Crippen MR) is 87.1 cm³/mol. The average Bonchev–Trinajstić information content (AvgIpc) is 2.67. The molecule has 10 heteroatoms. The van der Waals surface area contributed by atoms with Gasteiger partial charge in [-0.1, -0.05) is 30.3 Å². The summed E-state index contributed by atoms with van der Waals surface area (Å²) in [4.78, 5) is 14.7. The lowest BCUT2D eigenvalue weighted by molar-refractivity contribution is -0.141. The molecule has 0 aliphatic heterocycles. The van der Waals surface area contributed by atoms with Crippen LogP contribution in [0.2, 0.25) is 0 Å². The van der Waals surface area contributed by atoms with Crippen molar-refractivity contribution in [2.24, 2.45) is 0 Å². The number of rotatable bonds is 6. The van der Waals surface area contributed by atoms with Crippen molar-refractivity contribution in [2.45, 2.75) is 19.3 Å². The molecule has 0 aliphatic carbocycles. The van der Waals surface area contributed by atoms with Gasteiger partial charge in [0.2, 0.25) is 0 Å². The van der Waals surface area contributed by atoms with Gasteiger partial charge in [-0.3, -0.25) is 0 Å². The third kappa shape index (κ3) is 5.09. The summed E-state index contributed by atoms with van der Waals surface area (Å²) >= 11 is 0. The van der Waals surface area contributed by atoms with Crippen LogP contribution < -0.4 is 10.1 Å². The molecule has 6 nitrogen and oxygen atoms in total. The molecule has 1 N–H and O–H groups in total. The fourth-order valence-electron chi connectivity index (χ4n) is 2.07. The van der Waals surface area contributed by atoms with E-state index >= 15 is 0 Å². The highest BCUT2D eigenvalue weighted by molar-refractivity contribution is 5.36. The summed E-state index contributed by atoms with van der Waals surface area (Å²) in [5.74, 6) is -1.17. The van der Waals surface area contributed by atoms with Gasteiger partial charge in [0.15, 0.2) is 11.6 Å². The van der Waals surface area contributed by atoms with Crippen LogP contribution in [-0.2, 0) is 19.3 Å². The lowest BCUT2D eigenvalue weighted by atomic mass is 10.2. The van der Waals surface area contributed by atoms with E-state index in [9.17, 15) is 17.6 Å². The van der Waals surface area contributed by atoms with E-state index in [-0.39, 0.29) is 30.8 Å². The monoisotopic (exact) mass is 379 g/mol. The van der Waals surface area contributed by atoms with Crippen molar-refractivity contribution in [2.75, 3.05) is 5.32 Å². The second-order valence-corrected chi connectivity index (χ2v) is 5.33. The maximum atomic E-state index is 13.8. The highest BCUT2D eigenvalue weighted by atomic mass is 19.4. The molecule has 1 aromatic carbocycles. The molecule has 0 aliphatic rings. The van der Waals surface area contributed by atoms with E-state index in [0.717, 1.165) is 24.0 Å². The zero-order valence-electron chi connectivity index (χ0n) is 13.7. The average molecular weight is 379 g/mol. The Morgan fingerprint density at radius 1 is 1.00 bits per heavy atom. The Morgan fingerprint density at radius 2 is 1.78 bits per heavy atom. The lowest BCUT2D eigenvalue weighted by Gasteiger charge is -2.10. The van der Waals surface area contributed by atoms with Crippen LogP contribution in [-0.4, -0.2) is 19.9 Å². The van der Waals surface area contributed by atoms with Gasteiger partial charge < -0.3 is 10.1 Å². The highest BCUT2D eigenvalue weighted by Crippen LogP contribution is 2.27. The normalized spacial score (nSPS) is 11.3. The van der Waals surface area contributed by atoms with Crippen molar-refractivity contribution >= 4 is 5.82 Å². The minimum atomic E-state index is -4.59. The summed E-state index contributed by atoms with van der Waals surface area (Å²) in [7, 11) is 0. The van der Waals surface area contributed by atoms with Crippen LogP contribution in [0, 0.1) is 5.82 Å². The van der Waals surface area contributed by atoms with Gasteiger partial charge in [0.1, 0.15) is 18.1 Å². The molecule has 140 valence electrons. The summed E-state index contributed by atoms with van der Waals surface area (Å²) < 4.78 is 57.2. The lowest BCUT2D eigenvalue weighted by Crippen LogP contribution is -2.13. The minimum absolute atomic E-state index is 0.0762. The number of hydrogen-bond acceptors (Lipinski definition) is 6. The number of ether oxygens (including phenoxy) is 1. The van der Waals surface area contributed by atoms with Crippen molar-refractivity contribution in [3.05, 3.63) is 71.7 Å². The molecule has 0 spiro atoms. The summed E-state index contributed by atoms with van der Waals surface area (Å²) in [5, 5.41) is 2.55. The Morgan fingerprint density at radius 3 is 2.52 bits per heavy atom. The molecule has 0 saturated carbocycles. The van der Waals surface area contributed by atoms with Crippen LogP contribution in [0.5, 0.6) is 6.01 Å². The van der Waals surface area contributed by atoms with Gasteiger partial charge >= 0.3 is 12.2 Å². The van der Waals surface area contributed by atoms with E-state index in [1.54, 1.807) is 0 Å². The molecule has 27 heavy (non-hydrogen) atoms. The van der Waals surface area contributed by atoms with Crippen molar-refractivity contribution < 1.29 is 22.3 Å². The zero-order valence-corrected chi connectivity index (χ0v) is 13.7. The third-order valence-electron chi connectivity index (χ3n) is 3.34. The minimum Gasteiger partial charge on any atom is -0.459 e. The first-order valence-corrected chi connectivity index (χ1v) is 7.74. The Balaban J connectivity index is 1.66. The van der Waals surface area contributed by atoms with Gasteiger partial charge in [-0.2, -0.15) is 18.2 Å². The van der Waals surface area contributed by atoms with Crippen LogP contribution in [0.15, 0.2) is 48.8 Å². The summed E-state index contributed by atoms with van der Waals surface area (Å²) in [5.41, 5.74) is -0.207. The Bertz CT molecular complexity index is 905. The molecule has 0 amide bonds. The standard InChI is InChI=1S/C17H13F4N5O/c18-12-8-24-16(27-10-11-4-2-1-3-5-11)26-15(12)23-9-14-22-7-6-13(25-14)17(19,20)21/h1-8H,9-10H2,(H,23,24,26). The zero-order chi connectivity index (χ0) is 19.3. The molecule has 0 bridgehead atoms. The van der Waals surface area contributed by atoms with Gasteiger partial charge in [0.05, 0.1) is 12.7 Å². The van der Waals surface area contributed by atoms with Crippen LogP contribution in [0.1, 0.15) is 17.1 Å². The molecular weight excluding hydrogens is 366 g/mol. The third-order valence-corrected chi connectivity index (χ3v) is 3.34. The van der Waals surface area contributed by atoms with E-state index < -0.39 is 17.7 Å². The first-order valence-electron chi connectivity index (χ1n) is 7.74. The smallest absolute Gasteiger partial charge is 0.433 e. The molecule has 0 saturated heterocycles. The number of alkyl halides is 3. The van der Waals surface area contributed by atoms with Crippen LogP contribution in [0.25, 0.3) is 0 Å². The van der Waals surface area contributed by atoms with E-state index in [1.807, 2.05) is 30.3 Å².